The summed E-state index contributed by atoms with van der Waals surface area (Å²) in [6.07, 6.45) is -4.80. The third-order valence-electron chi connectivity index (χ3n) is 16.2. The summed E-state index contributed by atoms with van der Waals surface area (Å²) in [5.74, 6) is 0.608. The van der Waals surface area contributed by atoms with Gasteiger partial charge < -0.3 is 9.13 Å². The van der Waals surface area contributed by atoms with Crippen LogP contribution in [0.1, 0.15) is 11.1 Å². The zero-order valence-corrected chi connectivity index (χ0v) is 46.0. The van der Waals surface area contributed by atoms with Crippen LogP contribution in [-0.4, -0.2) is 24.1 Å². The number of nitriles is 1. The summed E-state index contributed by atoms with van der Waals surface area (Å²) in [5.41, 5.74) is 14.9. The van der Waals surface area contributed by atoms with E-state index in [4.69, 9.17) is 15.0 Å². The first-order valence-corrected chi connectivity index (χ1v) is 28.3. The third kappa shape index (κ3) is 9.23. The van der Waals surface area contributed by atoms with Crippen molar-refractivity contribution >= 4 is 43.6 Å². The summed E-state index contributed by atoms with van der Waals surface area (Å²) in [6.45, 7) is 0. The zero-order chi connectivity index (χ0) is 57.9. The summed E-state index contributed by atoms with van der Waals surface area (Å²) in [6, 6.07) is 95.3. The highest BCUT2D eigenvalue weighted by Crippen LogP contribution is 2.45. The molecule has 0 bridgehead atoms. The van der Waals surface area contributed by atoms with Crippen LogP contribution in [0.3, 0.4) is 0 Å². The van der Waals surface area contributed by atoms with Crippen molar-refractivity contribution in [1.29, 1.82) is 5.26 Å². The molecule has 3 aromatic heterocycles. The van der Waals surface area contributed by atoms with Crippen LogP contribution >= 0.6 is 0 Å². The number of rotatable bonds is 10. The molecule has 15 aromatic rings. The topological polar surface area (TPSA) is 72.3 Å². The summed E-state index contributed by atoms with van der Waals surface area (Å²) in [5, 5.41) is 14.0. The molecule has 0 spiro atoms. The largest absolute Gasteiger partial charge is 0.418 e. The molecule has 0 aliphatic heterocycles. The average molecular weight is 1110 g/mol. The molecule has 0 fully saturated rings. The van der Waals surface area contributed by atoms with E-state index in [9.17, 15) is 5.26 Å². The van der Waals surface area contributed by atoms with Crippen molar-refractivity contribution in [3.63, 3.8) is 0 Å². The number of benzene rings is 12. The van der Waals surface area contributed by atoms with Crippen molar-refractivity contribution in [1.82, 2.24) is 24.1 Å². The quantitative estimate of drug-likeness (QED) is 0.137. The molecular weight excluding hydrogens is 1070 g/mol. The number of fused-ring (bicyclic) bond motifs is 6. The summed E-state index contributed by atoms with van der Waals surface area (Å²) in [4.78, 5) is 15.1. The number of halogens is 3. The Hall–Kier alpha value is -11.5. The monoisotopic (exact) mass is 1110 g/mol. The lowest BCUT2D eigenvalue weighted by atomic mass is 9.98. The van der Waals surface area contributed by atoms with Crippen LogP contribution in [0.2, 0.25) is 0 Å². The van der Waals surface area contributed by atoms with E-state index in [1.807, 2.05) is 188 Å². The lowest BCUT2D eigenvalue weighted by Gasteiger charge is -2.18. The van der Waals surface area contributed by atoms with Gasteiger partial charge in [-0.25, -0.2) is 15.0 Å². The zero-order valence-electron chi connectivity index (χ0n) is 46.0. The van der Waals surface area contributed by atoms with Gasteiger partial charge in [0.1, 0.15) is 0 Å². The molecule has 0 amide bonds. The van der Waals surface area contributed by atoms with Crippen LogP contribution in [-0.2, 0) is 6.18 Å². The second-order valence-corrected chi connectivity index (χ2v) is 21.4. The van der Waals surface area contributed by atoms with Gasteiger partial charge in [0, 0.05) is 43.8 Å². The lowest BCUT2D eigenvalue weighted by Crippen LogP contribution is -2.11. The third-order valence-corrected chi connectivity index (χ3v) is 16.2. The Morgan fingerprint density at radius 2 is 0.628 bits per heavy atom. The van der Waals surface area contributed by atoms with Crippen LogP contribution in [0.25, 0.3) is 145 Å². The van der Waals surface area contributed by atoms with Gasteiger partial charge in [0.15, 0.2) is 17.5 Å². The minimum absolute atomic E-state index is 0.0313. The summed E-state index contributed by atoms with van der Waals surface area (Å²) >= 11 is 0. The van der Waals surface area contributed by atoms with E-state index < -0.39 is 11.7 Å². The van der Waals surface area contributed by atoms with Crippen molar-refractivity contribution in [2.24, 2.45) is 0 Å². The molecule has 0 saturated carbocycles. The normalized spacial score (nSPS) is 11.7. The number of hydrogen-bond acceptors (Lipinski definition) is 4. The van der Waals surface area contributed by atoms with E-state index in [2.05, 4.69) is 83.4 Å². The van der Waals surface area contributed by atoms with Gasteiger partial charge in [-0.3, -0.25) is 0 Å². The fourth-order valence-corrected chi connectivity index (χ4v) is 12.1. The van der Waals surface area contributed by atoms with Crippen molar-refractivity contribution in [3.05, 3.63) is 296 Å². The van der Waals surface area contributed by atoms with Gasteiger partial charge in [-0.15, -0.1) is 0 Å². The Kier molecular flexibility index (Phi) is 12.6. The number of nitrogens with zero attached hydrogens (tertiary/aromatic N) is 6. The molecule has 86 heavy (non-hydrogen) atoms. The molecule has 6 nitrogen and oxygen atoms in total. The van der Waals surface area contributed by atoms with Gasteiger partial charge in [-0.1, -0.05) is 188 Å². The molecular formula is C77H47F3N6. The van der Waals surface area contributed by atoms with Gasteiger partial charge in [0.05, 0.1) is 50.6 Å². The predicted molar refractivity (Wildman–Crippen MR) is 342 cm³/mol. The maximum atomic E-state index is 16.1. The van der Waals surface area contributed by atoms with Crippen LogP contribution in [0.4, 0.5) is 13.2 Å². The van der Waals surface area contributed by atoms with Gasteiger partial charge >= 0.3 is 6.18 Å². The SMILES string of the molecule is N#Cc1cccc(-c2cc(-c3nc(-c4ccccc4)nc(-c4ccc(-n5c6ccc(-c7ccccc7)cc6c6cc(-c7ccccc7)ccc65)c(C(F)(F)F)c4)n3)ccc2-n2c3ccc(-c4ccccc4)cc3c3cc(-c4ccccc4)ccc32)c1. The first-order valence-electron chi connectivity index (χ1n) is 28.3. The predicted octanol–water partition coefficient (Wildman–Crippen LogP) is 20.3. The lowest BCUT2D eigenvalue weighted by molar-refractivity contribution is -0.137. The van der Waals surface area contributed by atoms with E-state index in [1.165, 1.54) is 6.07 Å². The number of aromatic nitrogens is 5. The molecule has 0 aliphatic carbocycles. The molecule has 3 heterocycles. The Morgan fingerprint density at radius 1 is 0.291 bits per heavy atom. The van der Waals surface area contributed by atoms with Crippen LogP contribution in [0.5, 0.6) is 0 Å². The Bertz CT molecular complexity index is 4950. The Labute approximate surface area is 493 Å². The molecule has 0 N–H and O–H groups in total. The highest BCUT2D eigenvalue weighted by molar-refractivity contribution is 6.13. The molecule has 0 unspecified atom stereocenters. The van der Waals surface area contributed by atoms with Gasteiger partial charge in [0.2, 0.25) is 0 Å². The molecule has 9 heteroatoms. The Morgan fingerprint density at radius 3 is 1.02 bits per heavy atom. The van der Waals surface area contributed by atoms with Crippen LogP contribution < -0.4 is 0 Å². The second kappa shape index (κ2) is 21.1. The fourth-order valence-electron chi connectivity index (χ4n) is 12.1. The highest BCUT2D eigenvalue weighted by Gasteiger charge is 2.36. The minimum atomic E-state index is -4.80. The van der Waals surface area contributed by atoms with Crippen LogP contribution in [0, 0.1) is 11.3 Å². The molecule has 0 atom stereocenters. The van der Waals surface area contributed by atoms with E-state index in [0.717, 1.165) is 100.0 Å². The molecule has 0 radical (unpaired) electrons. The van der Waals surface area contributed by atoms with Crippen molar-refractivity contribution in [2.75, 3.05) is 0 Å². The maximum Gasteiger partial charge on any atom is 0.418 e. The molecule has 0 saturated heterocycles. The minimum Gasteiger partial charge on any atom is -0.309 e. The van der Waals surface area contributed by atoms with Gasteiger partial charge in [0.25, 0.3) is 0 Å². The van der Waals surface area contributed by atoms with Crippen LogP contribution in [0.15, 0.2) is 285 Å². The maximum absolute atomic E-state index is 16.1. The first-order chi connectivity index (χ1) is 42.2. The Balaban J connectivity index is 0.916. The second-order valence-electron chi connectivity index (χ2n) is 21.4. The summed E-state index contributed by atoms with van der Waals surface area (Å²) in [7, 11) is 0. The van der Waals surface area contributed by atoms with Gasteiger partial charge in [-0.2, -0.15) is 18.4 Å². The van der Waals surface area contributed by atoms with E-state index in [1.54, 1.807) is 16.7 Å². The molecule has 406 valence electrons. The van der Waals surface area contributed by atoms with E-state index >= 15 is 13.2 Å². The first kappa shape index (κ1) is 51.4. The van der Waals surface area contributed by atoms with Crippen molar-refractivity contribution in [2.45, 2.75) is 6.18 Å². The van der Waals surface area contributed by atoms with Crippen molar-refractivity contribution in [3.8, 4) is 107 Å². The smallest absolute Gasteiger partial charge is 0.309 e. The highest BCUT2D eigenvalue weighted by atomic mass is 19.4. The molecule has 12 aromatic carbocycles. The van der Waals surface area contributed by atoms with Crippen molar-refractivity contribution < 1.29 is 13.2 Å². The standard InChI is InChI=1S/C77H47F3N6/c78-77(79,80)67-47-61(34-40-73(67)86-71-37-31-57(52-22-10-3-11-23-52)44-65(71)66-45-58(32-38-72(66)86)53-24-12-4-13-25-53)76-83-74(54-26-14-5-15-27-54)82-75(84-76)60-33-39-68(62(46-60)59-28-16-17-49(41-59)48-81)85-69-35-29-55(50-18-6-1-7-19-50)42-63(69)64-43-56(30-36-70(64)85)51-20-8-2-9-21-51/h1-47H. The molecule has 0 aliphatic rings. The number of alkyl halides is 3. The van der Waals surface area contributed by atoms with Gasteiger partial charge in [-0.05, 0) is 147 Å². The average Bonchev–Trinajstić information content (AvgIpc) is 1.65. The summed E-state index contributed by atoms with van der Waals surface area (Å²) < 4.78 is 52.3. The van der Waals surface area contributed by atoms with E-state index in [-0.39, 0.29) is 28.7 Å². The number of hydrogen-bond donors (Lipinski definition) is 0. The fraction of sp³-hybridized carbons (Fsp3) is 0.0130. The molecule has 15 rings (SSSR count). The van der Waals surface area contributed by atoms with E-state index in [0.29, 0.717) is 27.7 Å².